The van der Waals surface area contributed by atoms with E-state index in [-0.39, 0.29) is 146 Å². The number of guanidine groups is 5. The van der Waals surface area contributed by atoms with Gasteiger partial charge < -0.3 is 133 Å². The number of nitrogens with two attached hydrogens (primary N) is 14. The Kier molecular flexibility index (Phi) is 41.4. The van der Waals surface area contributed by atoms with Gasteiger partial charge in [-0.2, -0.15) is 0 Å². The SMILES string of the molecule is C[C@@H](O)[C@H](NC(=O)[C@H](CCC(N)=O)NC(=O)[C@@H](CCCN=C(N)N)NC(=O)[C@H](CCCN=C(N)N)NC(=O)[C@H](CCCCN)NC(=O)[C@H](CCCCN)NC(=O)[C@H](N)CCCN=C(N)N)C(=O)N[C@@H](CCCN=C(N)N)C(=O)N[C@H](CCCN=C(N)N)C(=O)O. The van der Waals surface area contributed by atoms with E-state index in [2.05, 4.69) is 67.5 Å². The maximum Gasteiger partial charge on any atom is 0.326 e. The largest absolute Gasteiger partial charge is 0.480 e. The van der Waals surface area contributed by atoms with Crippen molar-refractivity contribution in [2.24, 2.45) is 105 Å². The molecule has 9 amide bonds. The highest BCUT2D eigenvalue weighted by atomic mass is 16.4. The Morgan fingerprint density at radius 2 is 0.600 bits per heavy atom. The van der Waals surface area contributed by atoms with Crippen LogP contribution in [-0.4, -0.2) is 205 Å². The minimum atomic E-state index is -1.89. The summed E-state index contributed by atoms with van der Waals surface area (Å²) in [5.74, 6) is -11.3. The molecule has 0 fully saturated rings. The predicted molar refractivity (Wildman–Crippen MR) is 337 cm³/mol. The Labute approximate surface area is 522 Å². The van der Waals surface area contributed by atoms with Gasteiger partial charge in [-0.25, -0.2) is 4.79 Å². The Morgan fingerprint density at radius 1 is 0.344 bits per heavy atom. The number of hydrogen-bond acceptors (Lipinski definition) is 19. The molecule has 38 N–H and O–H groups in total. The average Bonchev–Trinajstić information content (AvgIpc) is 2.12. The van der Waals surface area contributed by atoms with E-state index in [0.717, 1.165) is 6.92 Å². The van der Waals surface area contributed by atoms with E-state index in [9.17, 15) is 58.2 Å². The van der Waals surface area contributed by atoms with E-state index in [4.69, 9.17) is 80.3 Å². The van der Waals surface area contributed by atoms with E-state index in [0.29, 0.717) is 32.1 Å². The lowest BCUT2D eigenvalue weighted by Crippen LogP contribution is -2.61. The molecule has 0 bridgehead atoms. The van der Waals surface area contributed by atoms with E-state index in [1.165, 1.54) is 0 Å². The second-order valence-electron chi connectivity index (χ2n) is 20.9. The number of rotatable bonds is 49. The van der Waals surface area contributed by atoms with Crippen LogP contribution in [0.3, 0.4) is 0 Å². The van der Waals surface area contributed by atoms with E-state index in [1.54, 1.807) is 0 Å². The number of primary amides is 1. The van der Waals surface area contributed by atoms with E-state index < -0.39 is 132 Å². The van der Waals surface area contributed by atoms with Crippen LogP contribution in [0.4, 0.5) is 0 Å². The third kappa shape index (κ3) is 37.6. The number of carboxylic acids is 1. The molecular weight excluding hydrogens is 1180 g/mol. The topological polar surface area (TPSA) is 733 Å². The van der Waals surface area contributed by atoms with Crippen molar-refractivity contribution in [1.29, 1.82) is 0 Å². The zero-order chi connectivity index (χ0) is 68.3. The van der Waals surface area contributed by atoms with Gasteiger partial charge in [0.1, 0.15) is 48.3 Å². The summed E-state index contributed by atoms with van der Waals surface area (Å²) < 4.78 is 0. The van der Waals surface area contributed by atoms with Gasteiger partial charge >= 0.3 is 5.97 Å². The van der Waals surface area contributed by atoms with Crippen molar-refractivity contribution in [3.8, 4) is 0 Å². The fraction of sp³-hybridized carbons (Fsp3) is 0.706. The highest BCUT2D eigenvalue weighted by molar-refractivity contribution is 5.98. The lowest BCUT2D eigenvalue weighted by molar-refractivity contribution is -0.142. The molecule has 39 heteroatoms. The van der Waals surface area contributed by atoms with Crippen molar-refractivity contribution >= 4 is 88.9 Å². The number of carbonyl (C=O) groups is 10. The van der Waals surface area contributed by atoms with Crippen molar-refractivity contribution < 1.29 is 58.2 Å². The molecule has 0 spiro atoms. The Bertz CT molecular complexity index is 2430. The lowest BCUT2D eigenvalue weighted by atomic mass is 10.0. The fourth-order valence-corrected chi connectivity index (χ4v) is 8.37. The summed E-state index contributed by atoms with van der Waals surface area (Å²) in [7, 11) is 0. The molecule has 0 rings (SSSR count). The molecule has 0 aliphatic rings. The number of aliphatic hydroxyl groups excluding tert-OH is 1. The number of aliphatic carboxylic acids is 1. The first-order valence-electron chi connectivity index (χ1n) is 29.5. The molecule has 0 heterocycles. The predicted octanol–water partition coefficient (Wildman–Crippen LogP) is -10.6. The molecular formula is C51H101N27O12. The zero-order valence-corrected chi connectivity index (χ0v) is 51.2. The molecule has 0 saturated heterocycles. The Morgan fingerprint density at radius 3 is 0.889 bits per heavy atom. The molecule has 0 saturated carbocycles. The number of nitrogens with zero attached hydrogens (tertiary/aromatic N) is 5. The zero-order valence-electron chi connectivity index (χ0n) is 51.2. The minimum absolute atomic E-state index is 0.000508. The summed E-state index contributed by atoms with van der Waals surface area (Å²) >= 11 is 0. The number of aliphatic hydroxyl groups is 1. The lowest BCUT2D eigenvalue weighted by Gasteiger charge is -2.29. The number of unbranched alkanes of at least 4 members (excludes halogenated alkanes) is 2. The summed E-state index contributed by atoms with van der Waals surface area (Å²) in [5, 5.41) is 40.9. The maximum atomic E-state index is 14.5. The molecule has 39 nitrogen and oxygen atoms in total. The van der Waals surface area contributed by atoms with Gasteiger partial charge in [0.05, 0.1) is 12.1 Å². The average molecular weight is 1280 g/mol. The van der Waals surface area contributed by atoms with Gasteiger partial charge in [0.2, 0.25) is 53.2 Å². The standard InChI is InChI=1S/C51H101N27O12/c1-27(79)37(45(88)76-33(16-9-25-69-50(62)63)43(86)77-35(46(89)90)17-10-26-70-51(64)65)78-44(87)34(18-19-36(55)80)75-42(85)32(15-8-24-68-49(60)61)74-41(84)31(14-7-23-67-48(58)59)73-40(83)30(13-3-5-21-53)72-39(82)29(12-2-4-20-52)71-38(81)28(54)11-6-22-66-47(56)57/h27-35,37,79H,2-26,52-54H2,1H3,(H2,55,80)(H,71,81)(H,72,82)(H,73,83)(H,74,84)(H,75,85)(H,76,88)(H,77,86)(H,78,87)(H,89,90)(H4,56,57,66)(H4,58,59,67)(H4,60,61,68)(H4,62,63,69)(H4,64,65,70)/t27-,28-,29+,30+,31+,32-,33+,34+,35-,37+/m1/s1. The van der Waals surface area contributed by atoms with Crippen molar-refractivity contribution in [3.63, 3.8) is 0 Å². The summed E-state index contributed by atoms with van der Waals surface area (Å²) in [6.45, 7) is 1.69. The molecule has 0 aliphatic carbocycles. The van der Waals surface area contributed by atoms with Crippen LogP contribution in [0.15, 0.2) is 25.0 Å². The van der Waals surface area contributed by atoms with E-state index >= 15 is 0 Å². The van der Waals surface area contributed by atoms with Gasteiger partial charge in [-0.05, 0) is 129 Å². The summed E-state index contributed by atoms with van der Waals surface area (Å²) in [6, 6.07) is -13.3. The second kappa shape index (κ2) is 46.1. The van der Waals surface area contributed by atoms with Gasteiger partial charge in [0.15, 0.2) is 29.8 Å². The fourth-order valence-electron chi connectivity index (χ4n) is 8.37. The maximum absolute atomic E-state index is 14.5. The number of hydrogen-bond donors (Lipinski definition) is 24. The summed E-state index contributed by atoms with van der Waals surface area (Å²) in [6.07, 6.45) is -1.09. The van der Waals surface area contributed by atoms with Crippen molar-refractivity contribution in [1.82, 2.24) is 42.5 Å². The quantitative estimate of drug-likeness (QED) is 0.0153. The van der Waals surface area contributed by atoms with Crippen LogP contribution < -0.4 is 123 Å². The van der Waals surface area contributed by atoms with Gasteiger partial charge in [-0.1, -0.05) is 0 Å². The normalized spacial score (nSPS) is 14.1. The summed E-state index contributed by atoms with van der Waals surface area (Å²) in [5.41, 5.74) is 77.6. The number of amides is 9. The number of aliphatic imine (C=N–C) groups is 5. The van der Waals surface area contributed by atoms with Crippen LogP contribution in [0.1, 0.15) is 122 Å². The highest BCUT2D eigenvalue weighted by Crippen LogP contribution is 2.12. The van der Waals surface area contributed by atoms with Crippen LogP contribution in [0.5, 0.6) is 0 Å². The molecule has 0 aromatic carbocycles. The van der Waals surface area contributed by atoms with Crippen LogP contribution in [0, 0.1) is 0 Å². The molecule has 0 aromatic heterocycles. The highest BCUT2D eigenvalue weighted by Gasteiger charge is 2.36. The van der Waals surface area contributed by atoms with Crippen molar-refractivity contribution in [3.05, 3.63) is 0 Å². The van der Waals surface area contributed by atoms with Crippen LogP contribution >= 0.6 is 0 Å². The Balaban J connectivity index is 7.23. The number of carboxylic acid groups (broad SMARTS) is 1. The number of carbonyl (C=O) groups excluding carboxylic acids is 9. The monoisotopic (exact) mass is 1280 g/mol. The first-order valence-corrected chi connectivity index (χ1v) is 29.5. The van der Waals surface area contributed by atoms with Crippen molar-refractivity contribution in [2.75, 3.05) is 45.8 Å². The minimum Gasteiger partial charge on any atom is -0.480 e. The van der Waals surface area contributed by atoms with Crippen LogP contribution in [0.2, 0.25) is 0 Å². The second-order valence-corrected chi connectivity index (χ2v) is 20.9. The third-order valence-corrected chi connectivity index (χ3v) is 13.1. The van der Waals surface area contributed by atoms with Gasteiger partial charge in [0.25, 0.3) is 0 Å². The van der Waals surface area contributed by atoms with Crippen LogP contribution in [0.25, 0.3) is 0 Å². The molecule has 90 heavy (non-hydrogen) atoms. The van der Waals surface area contributed by atoms with Gasteiger partial charge in [0, 0.05) is 39.1 Å². The molecule has 512 valence electrons. The van der Waals surface area contributed by atoms with Gasteiger partial charge in [-0.3, -0.25) is 68.1 Å². The van der Waals surface area contributed by atoms with Gasteiger partial charge in [-0.15, -0.1) is 0 Å². The molecule has 0 radical (unpaired) electrons. The first-order chi connectivity index (χ1) is 42.4. The first kappa shape index (κ1) is 80.9. The molecule has 0 unspecified atom stereocenters. The number of nitrogens with one attached hydrogen (secondary N) is 8. The molecule has 10 atom stereocenters. The van der Waals surface area contributed by atoms with E-state index in [1.807, 2.05) is 0 Å². The Hall–Kier alpha value is -9.11. The third-order valence-electron chi connectivity index (χ3n) is 13.1. The smallest absolute Gasteiger partial charge is 0.326 e. The molecule has 0 aromatic rings. The van der Waals surface area contributed by atoms with Crippen molar-refractivity contribution in [2.45, 2.75) is 183 Å². The molecule has 0 aliphatic heterocycles. The summed E-state index contributed by atoms with van der Waals surface area (Å²) in [4.78, 5) is 156. The van der Waals surface area contributed by atoms with Crippen LogP contribution in [-0.2, 0) is 47.9 Å².